The summed E-state index contributed by atoms with van der Waals surface area (Å²) < 4.78 is 13.5. The fourth-order valence-corrected chi connectivity index (χ4v) is 4.50. The molecule has 2 heterocycles. The zero-order valence-electron chi connectivity index (χ0n) is 19.5. The number of hydrogen-bond acceptors (Lipinski definition) is 5. The summed E-state index contributed by atoms with van der Waals surface area (Å²) in [7, 11) is 1.64. The van der Waals surface area contributed by atoms with Crippen LogP contribution in [0, 0.1) is 11.3 Å². The summed E-state index contributed by atoms with van der Waals surface area (Å²) in [5.41, 5.74) is 3.49. The molecule has 1 aliphatic carbocycles. The van der Waals surface area contributed by atoms with Crippen molar-refractivity contribution in [3.05, 3.63) is 94.0 Å². The Bertz CT molecular complexity index is 1490. The topological polar surface area (TPSA) is 76.6 Å². The first kappa shape index (κ1) is 22.4. The molecule has 0 spiro atoms. The molecule has 35 heavy (non-hydrogen) atoms. The van der Waals surface area contributed by atoms with Crippen molar-refractivity contribution in [2.24, 2.45) is 0 Å². The third kappa shape index (κ3) is 4.53. The monoisotopic (exact) mass is 463 g/mol. The number of methoxy groups -OCH3 is 1. The van der Waals surface area contributed by atoms with Gasteiger partial charge in [0.2, 0.25) is 0 Å². The van der Waals surface area contributed by atoms with Gasteiger partial charge >= 0.3 is 0 Å². The molecular formula is C29H25N3O3. The van der Waals surface area contributed by atoms with Crippen LogP contribution in [-0.2, 0) is 0 Å². The quantitative estimate of drug-likeness (QED) is 0.365. The summed E-state index contributed by atoms with van der Waals surface area (Å²) in [6, 6.07) is 20.3. The maximum Gasteiger partial charge on any atom is 0.266 e. The van der Waals surface area contributed by atoms with Gasteiger partial charge in [0.25, 0.3) is 5.56 Å². The second-order valence-electron chi connectivity index (χ2n) is 8.53. The first-order valence-electron chi connectivity index (χ1n) is 11.7. The number of hydrogen-bond donors (Lipinski definition) is 0. The summed E-state index contributed by atoms with van der Waals surface area (Å²) in [6.45, 7) is 0. The van der Waals surface area contributed by atoms with Crippen LogP contribution in [0.2, 0.25) is 0 Å². The first-order valence-corrected chi connectivity index (χ1v) is 11.7. The van der Waals surface area contributed by atoms with Gasteiger partial charge in [0.1, 0.15) is 5.65 Å². The second-order valence-corrected chi connectivity index (χ2v) is 8.53. The van der Waals surface area contributed by atoms with Crippen LogP contribution >= 0.6 is 0 Å². The van der Waals surface area contributed by atoms with Gasteiger partial charge in [-0.2, -0.15) is 5.26 Å². The molecule has 6 heteroatoms. The van der Waals surface area contributed by atoms with Crippen LogP contribution in [0.1, 0.15) is 42.5 Å². The lowest BCUT2D eigenvalue weighted by molar-refractivity contribution is 0.200. The van der Waals surface area contributed by atoms with E-state index in [4.69, 9.17) is 19.7 Å². The third-order valence-corrected chi connectivity index (χ3v) is 6.30. The van der Waals surface area contributed by atoms with E-state index < -0.39 is 0 Å². The second kappa shape index (κ2) is 9.86. The number of rotatable bonds is 6. The zero-order chi connectivity index (χ0) is 24.2. The Morgan fingerprint density at radius 1 is 1.03 bits per heavy atom. The molecule has 0 N–H and O–H groups in total. The Balaban J connectivity index is 1.63. The van der Waals surface area contributed by atoms with E-state index in [0.29, 0.717) is 39.5 Å². The molecule has 1 fully saturated rings. The van der Waals surface area contributed by atoms with Crippen LogP contribution in [-0.4, -0.2) is 22.6 Å². The molecule has 0 atom stereocenters. The van der Waals surface area contributed by atoms with Crippen molar-refractivity contribution >= 4 is 17.8 Å². The highest BCUT2D eigenvalue weighted by Crippen LogP contribution is 2.36. The van der Waals surface area contributed by atoms with Crippen molar-refractivity contribution in [1.29, 1.82) is 5.26 Å². The number of pyridine rings is 1. The highest BCUT2D eigenvalue weighted by Gasteiger charge is 2.20. The van der Waals surface area contributed by atoms with Gasteiger partial charge in [0.05, 0.1) is 36.1 Å². The van der Waals surface area contributed by atoms with E-state index in [-0.39, 0.29) is 11.7 Å². The van der Waals surface area contributed by atoms with Crippen LogP contribution in [0.4, 0.5) is 0 Å². The van der Waals surface area contributed by atoms with Crippen LogP contribution in [0.3, 0.4) is 0 Å². The molecule has 1 aliphatic rings. The van der Waals surface area contributed by atoms with Crippen LogP contribution in [0.5, 0.6) is 11.5 Å². The zero-order valence-corrected chi connectivity index (χ0v) is 19.5. The number of nitrogens with zero attached hydrogens (tertiary/aromatic N) is 3. The molecule has 5 rings (SSSR count). The van der Waals surface area contributed by atoms with E-state index in [2.05, 4.69) is 6.07 Å². The normalized spacial score (nSPS) is 13.8. The summed E-state index contributed by atoms with van der Waals surface area (Å²) in [5.74, 6) is 1.38. The molecule has 4 aromatic rings. The summed E-state index contributed by atoms with van der Waals surface area (Å²) >= 11 is 0. The predicted octanol–water partition coefficient (Wildman–Crippen LogP) is 5.73. The molecule has 2 aromatic carbocycles. The van der Waals surface area contributed by atoms with Crippen molar-refractivity contribution in [2.75, 3.05) is 7.11 Å². The van der Waals surface area contributed by atoms with Gasteiger partial charge in [-0.3, -0.25) is 9.20 Å². The molecule has 1 saturated carbocycles. The van der Waals surface area contributed by atoms with Gasteiger partial charge in [-0.05, 0) is 73.7 Å². The average molecular weight is 464 g/mol. The fourth-order valence-electron chi connectivity index (χ4n) is 4.50. The van der Waals surface area contributed by atoms with Gasteiger partial charge in [-0.25, -0.2) is 4.98 Å². The minimum absolute atomic E-state index is 0.173. The minimum atomic E-state index is -0.173. The molecule has 0 aliphatic heterocycles. The lowest BCUT2D eigenvalue weighted by atomic mass is 10.0. The van der Waals surface area contributed by atoms with Gasteiger partial charge in [-0.15, -0.1) is 0 Å². The molecule has 0 saturated heterocycles. The van der Waals surface area contributed by atoms with Crippen LogP contribution in [0.25, 0.3) is 28.9 Å². The Kier molecular flexibility index (Phi) is 6.32. The van der Waals surface area contributed by atoms with Gasteiger partial charge < -0.3 is 9.47 Å². The highest BCUT2D eigenvalue weighted by molar-refractivity contribution is 5.81. The maximum atomic E-state index is 13.5. The van der Waals surface area contributed by atoms with Gasteiger partial charge in [0.15, 0.2) is 11.5 Å². The number of ether oxygens (including phenoxy) is 2. The van der Waals surface area contributed by atoms with Crippen molar-refractivity contribution in [3.8, 4) is 28.7 Å². The Morgan fingerprint density at radius 3 is 2.57 bits per heavy atom. The van der Waals surface area contributed by atoms with Crippen LogP contribution in [0.15, 0.2) is 71.7 Å². The SMILES string of the molecule is COc1cccc(C=Cc2nc3ccccn3c(=O)c2-c2ccc(C#N)cc2)c1OC1CCCC1. The van der Waals surface area contributed by atoms with E-state index in [0.717, 1.165) is 18.4 Å². The van der Waals surface area contributed by atoms with E-state index in [1.165, 1.54) is 17.2 Å². The maximum absolute atomic E-state index is 13.5. The number of benzene rings is 2. The number of nitriles is 1. The van der Waals surface area contributed by atoms with E-state index in [1.807, 2.05) is 42.5 Å². The Labute approximate surface area is 203 Å². The summed E-state index contributed by atoms with van der Waals surface area (Å²) in [6.07, 6.45) is 10.1. The molecular weight excluding hydrogens is 438 g/mol. The van der Waals surface area contributed by atoms with E-state index >= 15 is 0 Å². The lowest BCUT2D eigenvalue weighted by Crippen LogP contribution is -2.18. The molecule has 174 valence electrons. The molecule has 0 bridgehead atoms. The van der Waals surface area contributed by atoms with Crippen molar-refractivity contribution in [2.45, 2.75) is 31.8 Å². The number of aromatic nitrogens is 2. The van der Waals surface area contributed by atoms with E-state index in [1.54, 1.807) is 43.6 Å². The third-order valence-electron chi connectivity index (χ3n) is 6.30. The molecule has 6 nitrogen and oxygen atoms in total. The number of para-hydroxylation sites is 1. The summed E-state index contributed by atoms with van der Waals surface area (Å²) in [5, 5.41) is 9.17. The smallest absolute Gasteiger partial charge is 0.266 e. The van der Waals surface area contributed by atoms with Crippen LogP contribution < -0.4 is 15.0 Å². The van der Waals surface area contributed by atoms with Crippen molar-refractivity contribution in [1.82, 2.24) is 9.38 Å². The van der Waals surface area contributed by atoms with E-state index in [9.17, 15) is 4.79 Å². The molecule has 0 unspecified atom stereocenters. The first-order chi connectivity index (χ1) is 17.2. The largest absolute Gasteiger partial charge is 0.493 e. The molecule has 0 amide bonds. The highest BCUT2D eigenvalue weighted by atomic mass is 16.5. The molecule has 0 radical (unpaired) electrons. The standard InChI is InChI=1S/C29H25N3O3/c1-34-25-10-6-7-22(28(25)35-23-8-2-3-9-23)16-17-24-27(21-14-12-20(19-30)13-15-21)29(33)32-18-5-4-11-26(32)31-24/h4-7,10-18,23H,2-3,8-9H2,1H3. The fraction of sp³-hybridized carbons (Fsp3) is 0.207. The van der Waals surface area contributed by atoms with Crippen molar-refractivity contribution < 1.29 is 9.47 Å². The minimum Gasteiger partial charge on any atom is -0.493 e. The number of fused-ring (bicyclic) bond motifs is 1. The van der Waals surface area contributed by atoms with Gasteiger partial charge in [0, 0.05) is 11.8 Å². The lowest BCUT2D eigenvalue weighted by Gasteiger charge is -2.18. The van der Waals surface area contributed by atoms with Crippen molar-refractivity contribution in [3.63, 3.8) is 0 Å². The van der Waals surface area contributed by atoms with Gasteiger partial charge in [-0.1, -0.05) is 30.3 Å². The average Bonchev–Trinajstić information content (AvgIpc) is 3.41. The predicted molar refractivity (Wildman–Crippen MR) is 136 cm³/mol. The Morgan fingerprint density at radius 2 is 1.83 bits per heavy atom. The summed E-state index contributed by atoms with van der Waals surface area (Å²) in [4.78, 5) is 18.3. The molecule has 2 aromatic heterocycles. The Hall–Kier alpha value is -4.37.